The molecule has 0 N–H and O–H groups in total. The molecule has 1 aliphatic rings. The van der Waals surface area contributed by atoms with E-state index in [2.05, 4.69) is 16.9 Å². The van der Waals surface area contributed by atoms with E-state index in [1.807, 2.05) is 12.1 Å². The zero-order valence-electron chi connectivity index (χ0n) is 10.8. The molecule has 1 aromatic rings. The van der Waals surface area contributed by atoms with E-state index in [1.165, 1.54) is 18.2 Å². The average molecular weight is 246 g/mol. The summed E-state index contributed by atoms with van der Waals surface area (Å²) in [7, 11) is 3.08. The van der Waals surface area contributed by atoms with Crippen molar-refractivity contribution in [3.63, 3.8) is 0 Å². The van der Waals surface area contributed by atoms with Gasteiger partial charge in [-0.15, -0.1) is 0 Å². The van der Waals surface area contributed by atoms with Crippen LogP contribution in [0.5, 0.6) is 5.75 Å². The number of benzene rings is 1. The van der Waals surface area contributed by atoms with Crippen molar-refractivity contribution in [3.8, 4) is 5.75 Å². The van der Waals surface area contributed by atoms with Crippen LogP contribution in [0.1, 0.15) is 30.7 Å². The second-order valence-electron chi connectivity index (χ2n) is 4.54. The summed E-state index contributed by atoms with van der Waals surface area (Å²) in [6, 6.07) is 8.17. The minimum atomic E-state index is -0.250. The number of ether oxygens (including phenoxy) is 2. The van der Waals surface area contributed by atoms with Crippen molar-refractivity contribution in [2.45, 2.75) is 25.2 Å². The smallest absolute Gasteiger partial charge is 0.330 e. The highest BCUT2D eigenvalue weighted by Crippen LogP contribution is 2.38. The van der Waals surface area contributed by atoms with E-state index in [-0.39, 0.29) is 5.97 Å². The second-order valence-corrected chi connectivity index (χ2v) is 4.54. The first-order valence-electron chi connectivity index (χ1n) is 6.14. The second kappa shape index (κ2) is 5.71. The Bertz CT molecular complexity index is 445. The monoisotopic (exact) mass is 246 g/mol. The van der Waals surface area contributed by atoms with Gasteiger partial charge >= 0.3 is 5.97 Å². The molecule has 3 heteroatoms. The molecule has 1 aliphatic carbocycles. The highest BCUT2D eigenvalue weighted by Gasteiger charge is 2.21. The van der Waals surface area contributed by atoms with Gasteiger partial charge in [0.2, 0.25) is 0 Å². The van der Waals surface area contributed by atoms with Crippen LogP contribution in [0.3, 0.4) is 0 Å². The number of rotatable bonds is 3. The van der Waals surface area contributed by atoms with Crippen LogP contribution in [0.2, 0.25) is 0 Å². The Morgan fingerprint density at radius 1 is 1.28 bits per heavy atom. The molecule has 0 heterocycles. The molecule has 0 spiro atoms. The molecule has 96 valence electrons. The molecule has 0 unspecified atom stereocenters. The summed E-state index contributed by atoms with van der Waals surface area (Å²) >= 11 is 0. The van der Waals surface area contributed by atoms with E-state index in [9.17, 15) is 4.79 Å². The maximum atomic E-state index is 11.2. The molecule has 0 amide bonds. The van der Waals surface area contributed by atoms with E-state index in [1.54, 1.807) is 13.2 Å². The lowest BCUT2D eigenvalue weighted by Gasteiger charge is -2.09. The zero-order valence-corrected chi connectivity index (χ0v) is 10.8. The third kappa shape index (κ3) is 2.92. The van der Waals surface area contributed by atoms with Crippen LogP contribution in [0.4, 0.5) is 0 Å². The first kappa shape index (κ1) is 12.7. The third-order valence-corrected chi connectivity index (χ3v) is 3.43. The van der Waals surface area contributed by atoms with Crippen molar-refractivity contribution in [1.29, 1.82) is 0 Å². The normalized spacial score (nSPS) is 21.0. The van der Waals surface area contributed by atoms with Gasteiger partial charge in [-0.3, -0.25) is 0 Å². The largest absolute Gasteiger partial charge is 0.497 e. The molecule has 0 aliphatic heterocycles. The number of esters is 1. The number of methoxy groups -OCH3 is 2. The molecule has 1 aromatic carbocycles. The third-order valence-electron chi connectivity index (χ3n) is 3.43. The quantitative estimate of drug-likeness (QED) is 0.607. The van der Waals surface area contributed by atoms with Gasteiger partial charge < -0.3 is 9.47 Å². The lowest BCUT2D eigenvalue weighted by Crippen LogP contribution is -1.96. The maximum Gasteiger partial charge on any atom is 0.330 e. The topological polar surface area (TPSA) is 35.5 Å². The molecule has 2 rings (SSSR count). The predicted molar refractivity (Wildman–Crippen MR) is 69.7 cm³/mol. The van der Waals surface area contributed by atoms with Crippen molar-refractivity contribution in [2.75, 3.05) is 14.2 Å². The molecule has 1 saturated carbocycles. The maximum absolute atomic E-state index is 11.2. The van der Waals surface area contributed by atoms with Crippen LogP contribution < -0.4 is 4.74 Å². The molecular formula is C15H18O3. The summed E-state index contributed by atoms with van der Waals surface area (Å²) in [4.78, 5) is 11.2. The van der Waals surface area contributed by atoms with Crippen molar-refractivity contribution in [3.05, 3.63) is 41.5 Å². The van der Waals surface area contributed by atoms with Crippen LogP contribution in [0.25, 0.3) is 0 Å². The van der Waals surface area contributed by atoms with Crippen molar-refractivity contribution in [2.24, 2.45) is 0 Å². The molecule has 0 aromatic heterocycles. The van der Waals surface area contributed by atoms with Gasteiger partial charge in [0.05, 0.1) is 14.2 Å². The molecule has 0 bridgehead atoms. The number of carbonyl (C=O) groups is 1. The van der Waals surface area contributed by atoms with Gasteiger partial charge in [-0.2, -0.15) is 0 Å². The lowest BCUT2D eigenvalue weighted by atomic mass is 9.97. The van der Waals surface area contributed by atoms with Crippen LogP contribution >= 0.6 is 0 Å². The number of carbonyl (C=O) groups excluding carboxylic acids is 1. The Kier molecular flexibility index (Phi) is 4.03. The Balaban J connectivity index is 2.03. The minimum absolute atomic E-state index is 0.250. The summed E-state index contributed by atoms with van der Waals surface area (Å²) in [6.07, 6.45) is 4.64. The fourth-order valence-electron chi connectivity index (χ4n) is 2.40. The van der Waals surface area contributed by atoms with Gasteiger partial charge in [0.1, 0.15) is 5.75 Å². The molecule has 18 heavy (non-hydrogen) atoms. The number of hydrogen-bond acceptors (Lipinski definition) is 3. The van der Waals surface area contributed by atoms with Gasteiger partial charge in [0.25, 0.3) is 0 Å². The van der Waals surface area contributed by atoms with Gasteiger partial charge in [-0.1, -0.05) is 17.7 Å². The molecule has 0 saturated heterocycles. The van der Waals surface area contributed by atoms with Gasteiger partial charge in [-0.25, -0.2) is 4.79 Å². The number of hydrogen-bond donors (Lipinski definition) is 0. The number of allylic oxidation sites excluding steroid dienone is 1. The highest BCUT2D eigenvalue weighted by atomic mass is 16.5. The van der Waals surface area contributed by atoms with E-state index in [4.69, 9.17) is 4.74 Å². The highest BCUT2D eigenvalue weighted by molar-refractivity contribution is 5.82. The van der Waals surface area contributed by atoms with E-state index >= 15 is 0 Å². The molecular weight excluding hydrogens is 228 g/mol. The zero-order chi connectivity index (χ0) is 13.0. The molecule has 3 nitrogen and oxygen atoms in total. The Morgan fingerprint density at radius 2 is 2.00 bits per heavy atom. The fraction of sp³-hybridized carbons (Fsp3) is 0.400. The van der Waals surface area contributed by atoms with Gasteiger partial charge in [-0.05, 0) is 42.9 Å². The Labute approximate surface area is 107 Å². The first-order chi connectivity index (χ1) is 8.72. The van der Waals surface area contributed by atoms with Crippen molar-refractivity contribution in [1.82, 2.24) is 0 Å². The molecule has 1 fully saturated rings. The van der Waals surface area contributed by atoms with E-state index in [0.29, 0.717) is 5.92 Å². The standard InChI is InChI=1S/C15H18O3/c1-17-14-7-5-12(6-8-14)13-4-3-11(9-13)10-15(16)18-2/h5-8,10,13H,3-4,9H2,1-2H3/b11-10+/t13-/m1/s1. The fourth-order valence-corrected chi connectivity index (χ4v) is 2.40. The van der Waals surface area contributed by atoms with E-state index in [0.717, 1.165) is 25.0 Å². The summed E-state index contributed by atoms with van der Waals surface area (Å²) in [5.74, 6) is 1.13. The predicted octanol–water partition coefficient (Wildman–Crippen LogP) is 3.06. The van der Waals surface area contributed by atoms with Crippen LogP contribution in [-0.4, -0.2) is 20.2 Å². The summed E-state index contributed by atoms with van der Waals surface area (Å²) < 4.78 is 9.80. The lowest BCUT2D eigenvalue weighted by molar-refractivity contribution is -0.134. The van der Waals surface area contributed by atoms with Crippen molar-refractivity contribution < 1.29 is 14.3 Å². The van der Waals surface area contributed by atoms with E-state index < -0.39 is 0 Å². The first-order valence-corrected chi connectivity index (χ1v) is 6.14. The van der Waals surface area contributed by atoms with Crippen molar-refractivity contribution >= 4 is 5.97 Å². The van der Waals surface area contributed by atoms with Gasteiger partial charge in [0.15, 0.2) is 0 Å². The van der Waals surface area contributed by atoms with Crippen LogP contribution in [0.15, 0.2) is 35.9 Å². The van der Waals surface area contributed by atoms with Gasteiger partial charge in [0, 0.05) is 6.08 Å². The SMILES string of the molecule is COC(=O)/C=C1\CC[C@@H](c2ccc(OC)cc2)C1. The Morgan fingerprint density at radius 3 is 2.61 bits per heavy atom. The molecule has 1 atom stereocenters. The summed E-state index contributed by atoms with van der Waals surface area (Å²) in [5.41, 5.74) is 2.49. The van der Waals surface area contributed by atoms with Crippen LogP contribution in [-0.2, 0) is 9.53 Å². The Hall–Kier alpha value is -1.77. The summed E-state index contributed by atoms with van der Waals surface area (Å²) in [6.45, 7) is 0. The van der Waals surface area contributed by atoms with Crippen LogP contribution in [0, 0.1) is 0 Å². The molecule has 0 radical (unpaired) electrons. The summed E-state index contributed by atoms with van der Waals surface area (Å²) in [5, 5.41) is 0. The minimum Gasteiger partial charge on any atom is -0.497 e. The average Bonchev–Trinajstić information content (AvgIpc) is 2.87.